The predicted octanol–water partition coefficient (Wildman–Crippen LogP) is 0.0151. The summed E-state index contributed by atoms with van der Waals surface area (Å²) in [6.07, 6.45) is 1.98. The lowest BCUT2D eigenvalue weighted by Crippen LogP contribution is -3.09. The summed E-state index contributed by atoms with van der Waals surface area (Å²) in [7, 11) is 5.11. The first-order valence-electron chi connectivity index (χ1n) is 8.06. The largest absolute Gasteiger partial charge is 0.493 e. The highest BCUT2D eigenvalue weighted by Gasteiger charge is 2.24. The van der Waals surface area contributed by atoms with Crippen molar-refractivity contribution >= 4 is 11.9 Å². The maximum Gasteiger partial charge on any atom is 0.321 e. The highest BCUT2D eigenvalue weighted by atomic mass is 16.5. The molecular weight excluding hydrogens is 310 g/mol. The van der Waals surface area contributed by atoms with Gasteiger partial charge in [-0.1, -0.05) is 0 Å². The smallest absolute Gasteiger partial charge is 0.321 e. The summed E-state index contributed by atoms with van der Waals surface area (Å²) in [5.41, 5.74) is 2.14. The van der Waals surface area contributed by atoms with Gasteiger partial charge in [0.05, 0.1) is 21.3 Å². The summed E-state index contributed by atoms with van der Waals surface area (Å²) in [5.74, 6) is 1.06. The number of amides is 3. The molecule has 0 heterocycles. The van der Waals surface area contributed by atoms with Crippen LogP contribution < -0.4 is 25.0 Å². The summed E-state index contributed by atoms with van der Waals surface area (Å²) in [4.78, 5) is 24.5. The van der Waals surface area contributed by atoms with Crippen LogP contribution in [-0.2, 0) is 11.3 Å². The number of urea groups is 1. The lowest BCUT2D eigenvalue weighted by molar-refractivity contribution is -0.885. The maximum absolute atomic E-state index is 11.9. The number of hydrogen-bond acceptors (Lipinski definition) is 4. The molecule has 1 saturated carbocycles. The standard InChI is InChI=1S/C17H25N3O4/c1-11-7-14(23-3)15(24-4)8-12(11)9-20(2)10-16(21)19-17(22)18-13-5-6-13/h7-8,13H,5-6,9-10H2,1-4H3,(H2,18,19,21,22)/p+1. The third kappa shape index (κ3) is 5.13. The predicted molar refractivity (Wildman–Crippen MR) is 89.4 cm³/mol. The molecule has 7 heteroatoms. The monoisotopic (exact) mass is 336 g/mol. The second-order valence-corrected chi connectivity index (χ2v) is 6.24. The van der Waals surface area contributed by atoms with Crippen molar-refractivity contribution in [2.75, 3.05) is 27.8 Å². The molecule has 3 amide bonds. The van der Waals surface area contributed by atoms with E-state index in [0.29, 0.717) is 18.0 Å². The highest BCUT2D eigenvalue weighted by Crippen LogP contribution is 2.29. The van der Waals surface area contributed by atoms with E-state index in [4.69, 9.17) is 9.47 Å². The topological polar surface area (TPSA) is 81.1 Å². The van der Waals surface area contributed by atoms with E-state index >= 15 is 0 Å². The van der Waals surface area contributed by atoms with E-state index in [-0.39, 0.29) is 18.5 Å². The van der Waals surface area contributed by atoms with Gasteiger partial charge in [-0.05, 0) is 37.5 Å². The van der Waals surface area contributed by atoms with Crippen LogP contribution in [0.1, 0.15) is 24.0 Å². The van der Waals surface area contributed by atoms with E-state index < -0.39 is 6.03 Å². The van der Waals surface area contributed by atoms with Crippen molar-refractivity contribution in [2.24, 2.45) is 0 Å². The van der Waals surface area contributed by atoms with E-state index in [1.807, 2.05) is 26.1 Å². The molecule has 0 bridgehead atoms. The summed E-state index contributed by atoms with van der Waals surface area (Å²) >= 11 is 0. The molecule has 1 unspecified atom stereocenters. The van der Waals surface area contributed by atoms with Gasteiger partial charge in [0.1, 0.15) is 6.54 Å². The molecular formula is C17H26N3O4+. The van der Waals surface area contributed by atoms with Crippen LogP contribution in [-0.4, -0.2) is 45.8 Å². The molecule has 0 aromatic heterocycles. The molecule has 132 valence electrons. The van der Waals surface area contributed by atoms with Crippen LogP contribution in [0.5, 0.6) is 11.5 Å². The van der Waals surface area contributed by atoms with Gasteiger partial charge < -0.3 is 19.7 Å². The Balaban J connectivity index is 1.90. The quantitative estimate of drug-likeness (QED) is 0.655. The maximum atomic E-state index is 11.9. The molecule has 2 rings (SSSR count). The van der Waals surface area contributed by atoms with Gasteiger partial charge in [-0.3, -0.25) is 10.1 Å². The van der Waals surface area contributed by atoms with Crippen molar-refractivity contribution in [2.45, 2.75) is 32.4 Å². The minimum atomic E-state index is -0.405. The van der Waals surface area contributed by atoms with Gasteiger partial charge in [-0.25, -0.2) is 4.79 Å². The van der Waals surface area contributed by atoms with E-state index in [1.165, 1.54) is 0 Å². The Morgan fingerprint density at radius 3 is 2.42 bits per heavy atom. The molecule has 1 atom stereocenters. The molecule has 0 saturated heterocycles. The van der Waals surface area contributed by atoms with Crippen molar-refractivity contribution in [1.29, 1.82) is 0 Å². The van der Waals surface area contributed by atoms with Gasteiger partial charge in [0.15, 0.2) is 18.0 Å². The van der Waals surface area contributed by atoms with E-state index in [1.54, 1.807) is 14.2 Å². The van der Waals surface area contributed by atoms with Crippen molar-refractivity contribution in [3.8, 4) is 11.5 Å². The number of nitrogens with one attached hydrogen (secondary N) is 3. The van der Waals surface area contributed by atoms with Crippen molar-refractivity contribution < 1.29 is 24.0 Å². The Labute approximate surface area is 142 Å². The fraction of sp³-hybridized carbons (Fsp3) is 0.529. The van der Waals surface area contributed by atoms with Crippen LogP contribution in [0.3, 0.4) is 0 Å². The summed E-state index contributed by atoms with van der Waals surface area (Å²) in [6.45, 7) is 2.85. The van der Waals surface area contributed by atoms with Crippen molar-refractivity contribution in [3.05, 3.63) is 23.3 Å². The van der Waals surface area contributed by atoms with Crippen molar-refractivity contribution in [1.82, 2.24) is 10.6 Å². The average Bonchev–Trinajstić information content (AvgIpc) is 3.32. The number of imide groups is 1. The zero-order valence-electron chi connectivity index (χ0n) is 14.7. The normalized spacial score (nSPS) is 14.7. The van der Waals surface area contributed by atoms with Gasteiger partial charge >= 0.3 is 6.03 Å². The van der Waals surface area contributed by atoms with Crippen LogP contribution in [0, 0.1) is 6.92 Å². The van der Waals surface area contributed by atoms with Crippen LogP contribution in [0.15, 0.2) is 12.1 Å². The van der Waals surface area contributed by atoms with Crippen LogP contribution in [0.4, 0.5) is 4.79 Å². The molecule has 1 aromatic rings. The van der Waals surface area contributed by atoms with Crippen LogP contribution >= 0.6 is 0 Å². The fourth-order valence-corrected chi connectivity index (χ4v) is 2.49. The number of ether oxygens (including phenoxy) is 2. The van der Waals surface area contributed by atoms with Gasteiger partial charge in [0.25, 0.3) is 5.91 Å². The Morgan fingerprint density at radius 2 is 1.83 bits per heavy atom. The number of methoxy groups -OCH3 is 2. The first-order valence-corrected chi connectivity index (χ1v) is 8.06. The second-order valence-electron chi connectivity index (χ2n) is 6.24. The molecule has 1 fully saturated rings. The first-order chi connectivity index (χ1) is 11.4. The highest BCUT2D eigenvalue weighted by molar-refractivity contribution is 5.94. The average molecular weight is 336 g/mol. The number of quaternary nitrogens is 1. The minimum Gasteiger partial charge on any atom is -0.493 e. The Bertz CT molecular complexity index is 614. The Kier molecular flexibility index (Phi) is 6.03. The summed E-state index contributed by atoms with van der Waals surface area (Å²) < 4.78 is 10.6. The zero-order valence-corrected chi connectivity index (χ0v) is 14.7. The SMILES string of the molecule is COc1cc(C)c(C[NH+](C)CC(=O)NC(=O)NC2CC2)cc1OC. The van der Waals surface area contributed by atoms with E-state index in [0.717, 1.165) is 28.9 Å². The fourth-order valence-electron chi connectivity index (χ4n) is 2.49. The summed E-state index contributed by atoms with van der Waals surface area (Å²) in [6, 6.07) is 3.68. The molecule has 0 aliphatic heterocycles. The number of likely N-dealkylation sites (N-methyl/N-ethyl adjacent to an activating group) is 1. The van der Waals surface area contributed by atoms with Gasteiger partial charge in [-0.15, -0.1) is 0 Å². The number of benzene rings is 1. The van der Waals surface area contributed by atoms with Crippen molar-refractivity contribution in [3.63, 3.8) is 0 Å². The first kappa shape index (κ1) is 18.1. The number of carbonyl (C=O) groups is 2. The molecule has 1 aliphatic rings. The molecule has 7 nitrogen and oxygen atoms in total. The molecule has 0 spiro atoms. The minimum absolute atomic E-state index is 0.214. The number of carbonyl (C=O) groups excluding carboxylic acids is 2. The van der Waals surface area contributed by atoms with Gasteiger partial charge in [0.2, 0.25) is 0 Å². The van der Waals surface area contributed by atoms with Gasteiger partial charge in [0, 0.05) is 11.6 Å². The lowest BCUT2D eigenvalue weighted by atomic mass is 10.1. The molecule has 1 aliphatic carbocycles. The summed E-state index contributed by atoms with van der Waals surface area (Å²) in [5, 5.41) is 5.10. The zero-order chi connectivity index (χ0) is 17.7. The van der Waals surface area contributed by atoms with Crippen LogP contribution in [0.2, 0.25) is 0 Å². The van der Waals surface area contributed by atoms with Gasteiger partial charge in [-0.2, -0.15) is 0 Å². The number of rotatable bonds is 7. The lowest BCUT2D eigenvalue weighted by Gasteiger charge is -2.17. The molecule has 1 aromatic carbocycles. The Morgan fingerprint density at radius 1 is 1.21 bits per heavy atom. The molecule has 3 N–H and O–H groups in total. The number of aryl methyl sites for hydroxylation is 1. The molecule has 24 heavy (non-hydrogen) atoms. The molecule has 0 radical (unpaired) electrons. The van der Waals surface area contributed by atoms with Crippen LogP contribution in [0.25, 0.3) is 0 Å². The van der Waals surface area contributed by atoms with E-state index in [2.05, 4.69) is 10.6 Å². The van der Waals surface area contributed by atoms with E-state index in [9.17, 15) is 9.59 Å². The second kappa shape index (κ2) is 8.01. The Hall–Kier alpha value is -2.28. The third-order valence-corrected chi connectivity index (χ3v) is 3.96. The third-order valence-electron chi connectivity index (χ3n) is 3.96. The number of hydrogen-bond donors (Lipinski definition) is 3.